The molecule has 0 spiro atoms. The fourth-order valence-electron chi connectivity index (χ4n) is 2.73. The van der Waals surface area contributed by atoms with Crippen molar-refractivity contribution >= 4 is 16.8 Å². The number of aromatic nitrogens is 4. The molecule has 7 nitrogen and oxygen atoms in total. The summed E-state index contributed by atoms with van der Waals surface area (Å²) in [7, 11) is 1.49. The normalized spacial score (nSPS) is 12.3. The van der Waals surface area contributed by atoms with Crippen molar-refractivity contribution in [3.8, 4) is 5.69 Å². The molecule has 3 aromatic rings. The van der Waals surface area contributed by atoms with Crippen molar-refractivity contribution in [1.29, 1.82) is 0 Å². The summed E-state index contributed by atoms with van der Waals surface area (Å²) in [6.45, 7) is 1.84. The lowest BCUT2D eigenvalue weighted by Gasteiger charge is -2.12. The van der Waals surface area contributed by atoms with E-state index in [0.717, 1.165) is 38.8 Å². The van der Waals surface area contributed by atoms with Crippen LogP contribution in [0.3, 0.4) is 0 Å². The Morgan fingerprint density at radius 3 is 2.57 bits per heavy atom. The van der Waals surface area contributed by atoms with Crippen molar-refractivity contribution < 1.29 is 18.0 Å². The van der Waals surface area contributed by atoms with E-state index < -0.39 is 17.4 Å². The van der Waals surface area contributed by atoms with Crippen LogP contribution in [0.5, 0.6) is 0 Å². The number of hydrogen-bond acceptors (Lipinski definition) is 6. The van der Waals surface area contributed by atoms with Gasteiger partial charge in [-0.1, -0.05) is 29.4 Å². The van der Waals surface area contributed by atoms with Gasteiger partial charge in [0, 0.05) is 18.2 Å². The molecule has 0 bridgehead atoms. The van der Waals surface area contributed by atoms with Crippen molar-refractivity contribution in [2.45, 2.75) is 19.7 Å². The van der Waals surface area contributed by atoms with Gasteiger partial charge in [0.15, 0.2) is 0 Å². The van der Waals surface area contributed by atoms with E-state index in [9.17, 15) is 18.0 Å². The quantitative estimate of drug-likeness (QED) is 0.347. The van der Waals surface area contributed by atoms with Crippen molar-refractivity contribution in [2.24, 2.45) is 12.2 Å². The number of alkyl halides is 3. The standard InChI is InChI=1S/C19H18F3N5O2S/c1-12-6-4-9-16(27-18(28)26(2)24-25-27)15(12)11-29-23-17(30-3)13-7-5-8-14(10-13)19(20,21)22/h4-10H,11H2,1-3H3. The van der Waals surface area contributed by atoms with E-state index in [1.807, 2.05) is 13.0 Å². The van der Waals surface area contributed by atoms with Gasteiger partial charge in [-0.15, -0.1) is 11.8 Å². The van der Waals surface area contributed by atoms with Crippen molar-refractivity contribution in [2.75, 3.05) is 6.26 Å². The van der Waals surface area contributed by atoms with E-state index in [0.29, 0.717) is 21.9 Å². The van der Waals surface area contributed by atoms with Crippen molar-refractivity contribution in [3.05, 3.63) is 75.2 Å². The Bertz CT molecular complexity index is 1140. The van der Waals surface area contributed by atoms with E-state index >= 15 is 0 Å². The lowest BCUT2D eigenvalue weighted by atomic mass is 10.1. The summed E-state index contributed by atoms with van der Waals surface area (Å²) >= 11 is 1.16. The molecule has 0 radical (unpaired) electrons. The third-order valence-corrected chi connectivity index (χ3v) is 5.02. The Hall–Kier alpha value is -3.08. The molecular weight excluding hydrogens is 419 g/mol. The molecule has 0 saturated carbocycles. The van der Waals surface area contributed by atoms with Gasteiger partial charge in [0.25, 0.3) is 0 Å². The Kier molecular flexibility index (Phi) is 6.30. The first-order valence-electron chi connectivity index (χ1n) is 8.72. The Morgan fingerprint density at radius 2 is 1.93 bits per heavy atom. The summed E-state index contributed by atoms with van der Waals surface area (Å²) in [5.41, 5.74) is 1.11. The summed E-state index contributed by atoms with van der Waals surface area (Å²) in [4.78, 5) is 17.7. The molecule has 1 aromatic heterocycles. The van der Waals surface area contributed by atoms with Gasteiger partial charge in [-0.3, -0.25) is 0 Å². The lowest BCUT2D eigenvalue weighted by Crippen LogP contribution is -2.23. The molecule has 0 atom stereocenters. The third-order valence-electron chi connectivity index (χ3n) is 4.32. The minimum absolute atomic E-state index is 0.00591. The second-order valence-electron chi connectivity index (χ2n) is 6.32. The minimum atomic E-state index is -4.44. The van der Waals surface area contributed by atoms with Gasteiger partial charge in [-0.2, -0.15) is 22.5 Å². The number of aryl methyl sites for hydroxylation is 2. The van der Waals surface area contributed by atoms with Crippen LogP contribution < -0.4 is 5.69 Å². The molecule has 1 heterocycles. The first-order chi connectivity index (χ1) is 14.2. The van der Waals surface area contributed by atoms with Crippen LogP contribution in [0.15, 0.2) is 52.4 Å². The summed E-state index contributed by atoms with van der Waals surface area (Å²) in [5, 5.41) is 11.9. The van der Waals surface area contributed by atoms with Crippen LogP contribution in [-0.4, -0.2) is 31.1 Å². The largest absolute Gasteiger partial charge is 0.416 e. The van der Waals surface area contributed by atoms with Gasteiger partial charge in [-0.25, -0.2) is 4.79 Å². The average Bonchev–Trinajstić information content (AvgIpc) is 3.04. The summed E-state index contributed by atoms with van der Waals surface area (Å²) < 4.78 is 41.2. The fourth-order valence-corrected chi connectivity index (χ4v) is 3.22. The first kappa shape index (κ1) is 21.6. The smallest absolute Gasteiger partial charge is 0.390 e. The summed E-state index contributed by atoms with van der Waals surface area (Å²) in [5.74, 6) is 0. The monoisotopic (exact) mass is 437 g/mol. The van der Waals surface area contributed by atoms with E-state index in [-0.39, 0.29) is 6.61 Å². The van der Waals surface area contributed by atoms with Crippen molar-refractivity contribution in [1.82, 2.24) is 19.8 Å². The number of hydrogen-bond donors (Lipinski definition) is 0. The number of halogens is 3. The maximum Gasteiger partial charge on any atom is 0.416 e. The molecule has 0 unspecified atom stereocenters. The van der Waals surface area contributed by atoms with Gasteiger partial charge < -0.3 is 4.84 Å². The van der Waals surface area contributed by atoms with Crippen LogP contribution >= 0.6 is 11.8 Å². The third kappa shape index (κ3) is 4.56. The molecule has 158 valence electrons. The lowest BCUT2D eigenvalue weighted by molar-refractivity contribution is -0.137. The molecule has 0 aliphatic rings. The van der Waals surface area contributed by atoms with Crippen LogP contribution in [0.2, 0.25) is 0 Å². The molecule has 11 heteroatoms. The molecule has 3 rings (SSSR count). The Morgan fingerprint density at radius 1 is 1.20 bits per heavy atom. The second-order valence-corrected chi connectivity index (χ2v) is 7.12. The zero-order valence-corrected chi connectivity index (χ0v) is 17.2. The molecule has 0 saturated heterocycles. The first-order valence-corrected chi connectivity index (χ1v) is 9.94. The predicted molar refractivity (Wildman–Crippen MR) is 108 cm³/mol. The molecule has 0 aliphatic carbocycles. The fraction of sp³-hybridized carbons (Fsp3) is 0.263. The highest BCUT2D eigenvalue weighted by atomic mass is 32.2. The second kappa shape index (κ2) is 8.74. The molecule has 0 amide bonds. The van der Waals surface area contributed by atoms with E-state index in [2.05, 4.69) is 15.6 Å². The average molecular weight is 437 g/mol. The van der Waals surface area contributed by atoms with Crippen LogP contribution in [0.1, 0.15) is 22.3 Å². The number of oxime groups is 1. The molecule has 0 N–H and O–H groups in total. The van der Waals surface area contributed by atoms with Crippen LogP contribution in [-0.2, 0) is 24.7 Å². The highest BCUT2D eigenvalue weighted by molar-refractivity contribution is 8.13. The predicted octanol–water partition coefficient (Wildman–Crippen LogP) is 3.53. The zero-order valence-electron chi connectivity index (χ0n) is 16.3. The minimum Gasteiger partial charge on any atom is -0.390 e. The SMILES string of the molecule is CSC(=NOCc1c(C)cccc1-n1nnn(C)c1=O)c1cccc(C(F)(F)F)c1. The van der Waals surface area contributed by atoms with E-state index in [1.165, 1.54) is 19.2 Å². The molecule has 0 aliphatic heterocycles. The molecular formula is C19H18F3N5O2S. The summed E-state index contributed by atoms with van der Waals surface area (Å²) in [6, 6.07) is 10.2. The van der Waals surface area contributed by atoms with Crippen molar-refractivity contribution in [3.63, 3.8) is 0 Å². The topological polar surface area (TPSA) is 74.3 Å². The van der Waals surface area contributed by atoms with Gasteiger partial charge in [0.05, 0.1) is 11.3 Å². The number of nitrogens with zero attached hydrogens (tertiary/aromatic N) is 5. The highest BCUT2D eigenvalue weighted by Gasteiger charge is 2.30. The Labute approximate surface area is 174 Å². The highest BCUT2D eigenvalue weighted by Crippen LogP contribution is 2.30. The van der Waals surface area contributed by atoms with Crippen LogP contribution in [0.4, 0.5) is 13.2 Å². The Balaban J connectivity index is 1.88. The van der Waals surface area contributed by atoms with E-state index in [4.69, 9.17) is 4.84 Å². The van der Waals surface area contributed by atoms with E-state index in [1.54, 1.807) is 18.4 Å². The zero-order chi connectivity index (χ0) is 21.9. The van der Waals surface area contributed by atoms with Gasteiger partial charge in [0.2, 0.25) is 0 Å². The maximum atomic E-state index is 13.0. The van der Waals surface area contributed by atoms with Crippen LogP contribution in [0, 0.1) is 6.92 Å². The molecule has 30 heavy (non-hydrogen) atoms. The van der Waals surface area contributed by atoms with Gasteiger partial charge in [-0.05, 0) is 47.4 Å². The summed E-state index contributed by atoms with van der Waals surface area (Å²) in [6.07, 6.45) is -2.75. The van der Waals surface area contributed by atoms with Gasteiger partial charge >= 0.3 is 11.9 Å². The number of thioether (sulfide) groups is 1. The number of tetrazole rings is 1. The molecule has 0 fully saturated rings. The molecule has 2 aromatic carbocycles. The van der Waals surface area contributed by atoms with Gasteiger partial charge in [0.1, 0.15) is 11.7 Å². The maximum absolute atomic E-state index is 13.0. The number of rotatable bonds is 5. The number of benzene rings is 2. The van der Waals surface area contributed by atoms with Crippen LogP contribution in [0.25, 0.3) is 5.69 Å².